The SMILES string of the molecule is CCCNCCNC(=O)c1cc(F)c(Cl)cc1Cl.Cl. The Morgan fingerprint density at radius 2 is 1.89 bits per heavy atom. The Balaban J connectivity index is 0.00000324. The van der Waals surface area contributed by atoms with Crippen LogP contribution >= 0.6 is 35.6 Å². The van der Waals surface area contributed by atoms with E-state index in [1.807, 2.05) is 0 Å². The number of carbonyl (C=O) groups excluding carboxylic acids is 1. The molecule has 0 bridgehead atoms. The van der Waals surface area contributed by atoms with Crippen LogP contribution in [0.15, 0.2) is 12.1 Å². The zero-order chi connectivity index (χ0) is 13.5. The Morgan fingerprint density at radius 3 is 2.53 bits per heavy atom. The number of nitrogens with one attached hydrogen (secondary N) is 2. The highest BCUT2D eigenvalue weighted by Gasteiger charge is 2.13. The van der Waals surface area contributed by atoms with Crippen LogP contribution in [0.4, 0.5) is 4.39 Å². The van der Waals surface area contributed by atoms with E-state index in [1.165, 1.54) is 6.07 Å². The van der Waals surface area contributed by atoms with Crippen molar-refractivity contribution in [2.75, 3.05) is 19.6 Å². The van der Waals surface area contributed by atoms with Crippen molar-refractivity contribution in [1.82, 2.24) is 10.6 Å². The predicted octanol–water partition coefficient (Wildman–Crippen LogP) is 3.28. The number of benzene rings is 1. The molecule has 108 valence electrons. The number of amides is 1. The van der Waals surface area contributed by atoms with Crippen molar-refractivity contribution < 1.29 is 9.18 Å². The maximum atomic E-state index is 13.2. The minimum absolute atomic E-state index is 0. The second kappa shape index (κ2) is 9.37. The quantitative estimate of drug-likeness (QED) is 0.621. The third kappa shape index (κ3) is 5.95. The van der Waals surface area contributed by atoms with Crippen LogP contribution in [0.3, 0.4) is 0 Å². The van der Waals surface area contributed by atoms with Gasteiger partial charge in [0.25, 0.3) is 5.91 Å². The van der Waals surface area contributed by atoms with E-state index >= 15 is 0 Å². The van der Waals surface area contributed by atoms with Crippen molar-refractivity contribution >= 4 is 41.5 Å². The largest absolute Gasteiger partial charge is 0.351 e. The number of rotatable bonds is 6. The molecule has 0 spiro atoms. The molecule has 19 heavy (non-hydrogen) atoms. The number of carbonyl (C=O) groups is 1. The van der Waals surface area contributed by atoms with Crippen molar-refractivity contribution in [2.24, 2.45) is 0 Å². The van der Waals surface area contributed by atoms with Crippen LogP contribution in [0.2, 0.25) is 10.0 Å². The Bertz CT molecular complexity index is 430. The topological polar surface area (TPSA) is 41.1 Å². The zero-order valence-electron chi connectivity index (χ0n) is 10.4. The third-order valence-electron chi connectivity index (χ3n) is 2.27. The summed E-state index contributed by atoms with van der Waals surface area (Å²) in [5, 5.41) is 5.83. The molecule has 1 amide bonds. The molecule has 7 heteroatoms. The van der Waals surface area contributed by atoms with Crippen LogP contribution < -0.4 is 10.6 Å². The minimum Gasteiger partial charge on any atom is -0.351 e. The maximum Gasteiger partial charge on any atom is 0.252 e. The van der Waals surface area contributed by atoms with Crippen molar-refractivity contribution in [1.29, 1.82) is 0 Å². The summed E-state index contributed by atoms with van der Waals surface area (Å²) in [6.45, 7) is 4.07. The summed E-state index contributed by atoms with van der Waals surface area (Å²) in [6.07, 6.45) is 1.03. The highest BCUT2D eigenvalue weighted by Crippen LogP contribution is 2.24. The molecule has 0 radical (unpaired) electrons. The van der Waals surface area contributed by atoms with Crippen LogP contribution in [-0.4, -0.2) is 25.5 Å². The molecule has 0 saturated heterocycles. The zero-order valence-corrected chi connectivity index (χ0v) is 12.8. The van der Waals surface area contributed by atoms with E-state index in [9.17, 15) is 9.18 Å². The summed E-state index contributed by atoms with van der Waals surface area (Å²) >= 11 is 11.4. The lowest BCUT2D eigenvalue weighted by molar-refractivity contribution is 0.0953. The van der Waals surface area contributed by atoms with Gasteiger partial charge in [-0.1, -0.05) is 30.1 Å². The molecular formula is C12H16Cl3FN2O. The van der Waals surface area contributed by atoms with E-state index in [2.05, 4.69) is 17.6 Å². The lowest BCUT2D eigenvalue weighted by Gasteiger charge is -2.08. The molecule has 0 aromatic heterocycles. The Morgan fingerprint density at radius 1 is 1.21 bits per heavy atom. The summed E-state index contributed by atoms with van der Waals surface area (Å²) in [7, 11) is 0. The highest BCUT2D eigenvalue weighted by molar-refractivity contribution is 6.36. The highest BCUT2D eigenvalue weighted by atomic mass is 35.5. The van der Waals surface area contributed by atoms with E-state index in [4.69, 9.17) is 23.2 Å². The van der Waals surface area contributed by atoms with Crippen LogP contribution in [0.5, 0.6) is 0 Å². The van der Waals surface area contributed by atoms with Gasteiger partial charge in [0.05, 0.1) is 15.6 Å². The first-order valence-electron chi connectivity index (χ1n) is 5.69. The van der Waals surface area contributed by atoms with Gasteiger partial charge in [-0.05, 0) is 25.1 Å². The molecule has 1 aromatic rings. The van der Waals surface area contributed by atoms with Gasteiger partial charge in [-0.15, -0.1) is 12.4 Å². The van der Waals surface area contributed by atoms with Gasteiger partial charge < -0.3 is 10.6 Å². The smallest absolute Gasteiger partial charge is 0.252 e. The normalized spacial score (nSPS) is 9.89. The Labute approximate surface area is 128 Å². The molecule has 0 saturated carbocycles. The van der Waals surface area contributed by atoms with Crippen LogP contribution in [-0.2, 0) is 0 Å². The molecule has 0 aliphatic carbocycles. The maximum absolute atomic E-state index is 13.2. The molecule has 0 atom stereocenters. The van der Waals surface area contributed by atoms with Gasteiger partial charge in [-0.25, -0.2) is 4.39 Å². The minimum atomic E-state index is -0.657. The molecule has 2 N–H and O–H groups in total. The molecule has 3 nitrogen and oxygen atoms in total. The fourth-order valence-corrected chi connectivity index (χ4v) is 1.83. The van der Waals surface area contributed by atoms with Gasteiger partial charge in [0, 0.05) is 13.1 Å². The third-order valence-corrected chi connectivity index (χ3v) is 2.87. The van der Waals surface area contributed by atoms with Gasteiger partial charge in [0.2, 0.25) is 0 Å². The molecule has 0 heterocycles. The Hall–Kier alpha value is -0.550. The molecule has 1 rings (SSSR count). The molecule has 1 aromatic carbocycles. The first kappa shape index (κ1) is 18.4. The Kier molecular flexibility index (Phi) is 9.10. The van der Waals surface area contributed by atoms with Gasteiger partial charge >= 0.3 is 0 Å². The molecule has 0 aliphatic heterocycles. The number of hydrogen-bond donors (Lipinski definition) is 2. The fourth-order valence-electron chi connectivity index (χ4n) is 1.36. The summed E-state index contributed by atoms with van der Waals surface area (Å²) in [5.74, 6) is -1.07. The number of hydrogen-bond acceptors (Lipinski definition) is 2. The van der Waals surface area contributed by atoms with Crippen molar-refractivity contribution in [3.8, 4) is 0 Å². The number of halogens is 4. The van der Waals surface area contributed by atoms with Crippen LogP contribution in [0.1, 0.15) is 23.7 Å². The van der Waals surface area contributed by atoms with E-state index in [-0.39, 0.29) is 28.0 Å². The van der Waals surface area contributed by atoms with Crippen molar-refractivity contribution in [3.63, 3.8) is 0 Å². The van der Waals surface area contributed by atoms with Gasteiger partial charge in [-0.3, -0.25) is 4.79 Å². The standard InChI is InChI=1S/C12H15Cl2FN2O.ClH/c1-2-3-16-4-5-17-12(18)8-6-11(15)10(14)7-9(8)13;/h6-7,16H,2-5H2,1H3,(H,17,18);1H. The predicted molar refractivity (Wildman–Crippen MR) is 79.2 cm³/mol. The second-order valence-electron chi connectivity index (χ2n) is 3.75. The average molecular weight is 330 g/mol. The second-order valence-corrected chi connectivity index (χ2v) is 4.57. The first-order chi connectivity index (χ1) is 8.56. The van der Waals surface area contributed by atoms with Gasteiger partial charge in [0.15, 0.2) is 0 Å². The molecule has 0 fully saturated rings. The van der Waals surface area contributed by atoms with Crippen LogP contribution in [0, 0.1) is 5.82 Å². The fraction of sp³-hybridized carbons (Fsp3) is 0.417. The molecular weight excluding hydrogens is 314 g/mol. The van der Waals surface area contributed by atoms with E-state index in [0.29, 0.717) is 13.1 Å². The summed E-state index contributed by atoms with van der Waals surface area (Å²) in [4.78, 5) is 11.7. The van der Waals surface area contributed by atoms with E-state index < -0.39 is 11.7 Å². The lowest BCUT2D eigenvalue weighted by atomic mass is 10.2. The summed E-state index contributed by atoms with van der Waals surface area (Å²) < 4.78 is 13.2. The van der Waals surface area contributed by atoms with Gasteiger partial charge in [-0.2, -0.15) is 0 Å². The van der Waals surface area contributed by atoms with E-state index in [0.717, 1.165) is 19.0 Å². The van der Waals surface area contributed by atoms with E-state index in [1.54, 1.807) is 0 Å². The average Bonchev–Trinajstić information content (AvgIpc) is 2.33. The summed E-state index contributed by atoms with van der Waals surface area (Å²) in [5.41, 5.74) is 0.0917. The first-order valence-corrected chi connectivity index (χ1v) is 6.45. The molecule has 0 aliphatic rings. The van der Waals surface area contributed by atoms with Crippen molar-refractivity contribution in [2.45, 2.75) is 13.3 Å². The van der Waals surface area contributed by atoms with Crippen molar-refractivity contribution in [3.05, 3.63) is 33.6 Å². The monoisotopic (exact) mass is 328 g/mol. The lowest BCUT2D eigenvalue weighted by Crippen LogP contribution is -2.32. The van der Waals surface area contributed by atoms with Gasteiger partial charge in [0.1, 0.15) is 5.82 Å². The van der Waals surface area contributed by atoms with Crippen LogP contribution in [0.25, 0.3) is 0 Å². The molecule has 0 unspecified atom stereocenters. The summed E-state index contributed by atoms with van der Waals surface area (Å²) in [6, 6.07) is 2.27.